The zero-order chi connectivity index (χ0) is 8.53. The van der Waals surface area contributed by atoms with Crippen LogP contribution in [0, 0.1) is 0 Å². The van der Waals surface area contributed by atoms with Crippen molar-refractivity contribution in [2.24, 2.45) is 0 Å². The summed E-state index contributed by atoms with van der Waals surface area (Å²) < 4.78 is 0. The largest absolute Gasteiger partial charge is 0.396 e. The predicted octanol–water partition coefficient (Wildman–Crippen LogP) is 1.22. The maximum atomic E-state index is 8.55. The molecule has 0 aromatic rings. The van der Waals surface area contributed by atoms with Gasteiger partial charge in [-0.25, -0.2) is 0 Å². The second kappa shape index (κ2) is 8.37. The summed E-state index contributed by atoms with van der Waals surface area (Å²) >= 11 is 4.29. The molecule has 2 nitrogen and oxygen atoms in total. The van der Waals surface area contributed by atoms with E-state index in [-0.39, 0.29) is 13.2 Å². The molecule has 0 heterocycles. The molecule has 0 saturated carbocycles. The number of hydrogen-bond donors (Lipinski definition) is 3. The van der Waals surface area contributed by atoms with Crippen LogP contribution >= 0.6 is 12.6 Å². The zero-order valence-electron chi connectivity index (χ0n) is 6.87. The van der Waals surface area contributed by atoms with Gasteiger partial charge in [0.25, 0.3) is 0 Å². The van der Waals surface area contributed by atoms with Crippen LogP contribution in [0.5, 0.6) is 0 Å². The fourth-order valence-corrected chi connectivity index (χ4v) is 1.26. The van der Waals surface area contributed by atoms with Crippen molar-refractivity contribution in [2.75, 3.05) is 13.2 Å². The molecular weight excluding hydrogens is 160 g/mol. The number of hydrogen-bond acceptors (Lipinski definition) is 3. The van der Waals surface area contributed by atoms with Crippen molar-refractivity contribution in [3.05, 3.63) is 0 Å². The first kappa shape index (κ1) is 11.3. The number of aliphatic hydroxyl groups is 2. The van der Waals surface area contributed by atoms with Crippen molar-refractivity contribution in [2.45, 2.75) is 37.4 Å². The average Bonchev–Trinajstić information content (AvgIpc) is 1.99. The Hall–Kier alpha value is 0.270. The minimum atomic E-state index is 0.230. The van der Waals surface area contributed by atoms with E-state index in [4.69, 9.17) is 10.2 Å². The quantitative estimate of drug-likeness (QED) is 0.405. The van der Waals surface area contributed by atoms with Crippen molar-refractivity contribution < 1.29 is 10.2 Å². The molecular formula is C8H18O2S. The highest BCUT2D eigenvalue weighted by Crippen LogP contribution is 2.11. The van der Waals surface area contributed by atoms with Gasteiger partial charge in [0.2, 0.25) is 0 Å². The first-order valence-corrected chi connectivity index (χ1v) is 4.72. The molecule has 0 aliphatic carbocycles. The van der Waals surface area contributed by atoms with Gasteiger partial charge >= 0.3 is 0 Å². The van der Waals surface area contributed by atoms with Crippen molar-refractivity contribution in [3.63, 3.8) is 0 Å². The number of rotatable bonds is 7. The molecule has 1 atom stereocenters. The Morgan fingerprint density at radius 3 is 2.18 bits per heavy atom. The van der Waals surface area contributed by atoms with Crippen LogP contribution < -0.4 is 0 Å². The summed E-state index contributed by atoms with van der Waals surface area (Å²) in [5, 5.41) is 17.4. The van der Waals surface area contributed by atoms with Gasteiger partial charge in [-0.05, 0) is 19.3 Å². The van der Waals surface area contributed by atoms with Gasteiger partial charge in [-0.2, -0.15) is 12.6 Å². The summed E-state index contributed by atoms with van der Waals surface area (Å²) in [6.07, 6.45) is 4.89. The third kappa shape index (κ3) is 8.17. The van der Waals surface area contributed by atoms with Crippen molar-refractivity contribution in [1.29, 1.82) is 0 Å². The molecule has 0 aromatic carbocycles. The topological polar surface area (TPSA) is 40.5 Å². The second-order valence-electron chi connectivity index (χ2n) is 2.74. The van der Waals surface area contributed by atoms with E-state index < -0.39 is 0 Å². The Balaban J connectivity index is 2.97. The van der Waals surface area contributed by atoms with Crippen molar-refractivity contribution in [1.82, 2.24) is 0 Å². The molecule has 11 heavy (non-hydrogen) atoms. The number of aliphatic hydroxyl groups excluding tert-OH is 2. The molecule has 0 aromatic heterocycles. The van der Waals surface area contributed by atoms with Gasteiger partial charge < -0.3 is 10.2 Å². The standard InChI is InChI=1S/C8H18O2S/c9-6-3-1-2-4-8(11)5-7-10/h8-11H,1-7H2. The highest BCUT2D eigenvalue weighted by atomic mass is 32.1. The van der Waals surface area contributed by atoms with E-state index in [2.05, 4.69) is 12.6 Å². The Morgan fingerprint density at radius 1 is 0.909 bits per heavy atom. The Bertz CT molecular complexity index is 78.5. The summed E-state index contributed by atoms with van der Waals surface area (Å²) in [4.78, 5) is 0. The van der Waals surface area contributed by atoms with E-state index in [0.717, 1.165) is 32.1 Å². The Labute approximate surface area is 74.0 Å². The summed E-state index contributed by atoms with van der Waals surface area (Å²) in [5.41, 5.74) is 0. The minimum Gasteiger partial charge on any atom is -0.396 e. The van der Waals surface area contributed by atoms with E-state index in [1.807, 2.05) is 0 Å². The maximum Gasteiger partial charge on any atom is 0.0441 e. The third-order valence-corrected chi connectivity index (χ3v) is 2.17. The average molecular weight is 178 g/mol. The fourth-order valence-electron chi connectivity index (χ4n) is 0.962. The van der Waals surface area contributed by atoms with Gasteiger partial charge in [-0.15, -0.1) is 0 Å². The number of unbranched alkanes of at least 4 members (excludes halogenated alkanes) is 2. The lowest BCUT2D eigenvalue weighted by Crippen LogP contribution is -2.01. The summed E-state index contributed by atoms with van der Waals surface area (Å²) in [5.74, 6) is 0. The highest BCUT2D eigenvalue weighted by molar-refractivity contribution is 7.80. The molecule has 0 radical (unpaired) electrons. The monoisotopic (exact) mass is 178 g/mol. The molecule has 1 unspecified atom stereocenters. The van der Waals surface area contributed by atoms with Crippen LogP contribution in [0.1, 0.15) is 32.1 Å². The maximum absolute atomic E-state index is 8.55. The van der Waals surface area contributed by atoms with Gasteiger partial charge in [-0.1, -0.05) is 12.8 Å². The fraction of sp³-hybridized carbons (Fsp3) is 1.00. The van der Waals surface area contributed by atoms with Gasteiger partial charge in [0.1, 0.15) is 0 Å². The van der Waals surface area contributed by atoms with Gasteiger partial charge in [0.05, 0.1) is 0 Å². The molecule has 0 aliphatic heterocycles. The van der Waals surface area contributed by atoms with Crippen LogP contribution in [0.4, 0.5) is 0 Å². The first-order chi connectivity index (χ1) is 5.31. The van der Waals surface area contributed by atoms with Crippen molar-refractivity contribution >= 4 is 12.6 Å². The molecule has 0 rings (SSSR count). The SMILES string of the molecule is OCCCCCC(S)CCO. The van der Waals surface area contributed by atoms with Crippen LogP contribution in [0.15, 0.2) is 0 Å². The predicted molar refractivity (Wildman–Crippen MR) is 50.0 cm³/mol. The smallest absolute Gasteiger partial charge is 0.0441 e. The van der Waals surface area contributed by atoms with Crippen LogP contribution in [0.3, 0.4) is 0 Å². The molecule has 0 bridgehead atoms. The normalized spacial score (nSPS) is 13.4. The first-order valence-electron chi connectivity index (χ1n) is 4.21. The summed E-state index contributed by atoms with van der Waals surface area (Å²) in [6, 6.07) is 0. The van der Waals surface area contributed by atoms with E-state index in [1.165, 1.54) is 0 Å². The minimum absolute atomic E-state index is 0.230. The van der Waals surface area contributed by atoms with E-state index in [1.54, 1.807) is 0 Å². The van der Waals surface area contributed by atoms with Crippen LogP contribution in [0.25, 0.3) is 0 Å². The number of thiol groups is 1. The molecule has 68 valence electrons. The lowest BCUT2D eigenvalue weighted by atomic mass is 10.1. The van der Waals surface area contributed by atoms with Crippen LogP contribution in [0.2, 0.25) is 0 Å². The molecule has 0 fully saturated rings. The molecule has 0 amide bonds. The Morgan fingerprint density at radius 2 is 1.64 bits per heavy atom. The van der Waals surface area contributed by atoms with Crippen LogP contribution in [-0.2, 0) is 0 Å². The molecule has 0 spiro atoms. The zero-order valence-corrected chi connectivity index (χ0v) is 7.76. The summed E-state index contributed by atoms with van der Waals surface area (Å²) in [6.45, 7) is 0.519. The van der Waals surface area contributed by atoms with Crippen molar-refractivity contribution in [3.8, 4) is 0 Å². The van der Waals surface area contributed by atoms with E-state index in [0.29, 0.717) is 5.25 Å². The van der Waals surface area contributed by atoms with Crippen LogP contribution in [-0.4, -0.2) is 28.7 Å². The molecule has 0 saturated heterocycles. The lowest BCUT2D eigenvalue weighted by Gasteiger charge is -2.07. The highest BCUT2D eigenvalue weighted by Gasteiger charge is 2.00. The van der Waals surface area contributed by atoms with Gasteiger partial charge in [0, 0.05) is 18.5 Å². The second-order valence-corrected chi connectivity index (χ2v) is 3.47. The van der Waals surface area contributed by atoms with Gasteiger partial charge in [0.15, 0.2) is 0 Å². The lowest BCUT2D eigenvalue weighted by molar-refractivity contribution is 0.277. The van der Waals surface area contributed by atoms with E-state index >= 15 is 0 Å². The van der Waals surface area contributed by atoms with E-state index in [9.17, 15) is 0 Å². The molecule has 3 heteroatoms. The van der Waals surface area contributed by atoms with Gasteiger partial charge in [-0.3, -0.25) is 0 Å². The summed E-state index contributed by atoms with van der Waals surface area (Å²) in [7, 11) is 0. The third-order valence-electron chi connectivity index (χ3n) is 1.66. The Kier molecular flexibility index (Phi) is 8.57. The molecule has 0 aliphatic rings. The molecule has 2 N–H and O–H groups in total.